The number of carbonyl (C=O) groups excluding carboxylic acids is 1. The molecule has 0 spiro atoms. The van der Waals surface area contributed by atoms with Gasteiger partial charge in [0.15, 0.2) is 0 Å². The van der Waals surface area contributed by atoms with Crippen molar-refractivity contribution in [3.05, 3.63) is 41.2 Å². The lowest BCUT2D eigenvalue weighted by Gasteiger charge is -2.14. The maximum Gasteiger partial charge on any atom is 0.319 e. The van der Waals surface area contributed by atoms with E-state index in [1.165, 1.54) is 0 Å². The summed E-state index contributed by atoms with van der Waals surface area (Å²) in [4.78, 5) is 22.5. The van der Waals surface area contributed by atoms with Crippen LogP contribution in [0.5, 0.6) is 0 Å². The summed E-state index contributed by atoms with van der Waals surface area (Å²) in [6.45, 7) is 4.29. The quantitative estimate of drug-likeness (QED) is 0.653. The lowest BCUT2D eigenvalue weighted by molar-refractivity contribution is -0.137. The molecule has 1 heterocycles. The second-order valence-electron chi connectivity index (χ2n) is 5.84. The number of anilines is 1. The van der Waals surface area contributed by atoms with Crippen molar-refractivity contribution in [1.82, 2.24) is 15.1 Å². The fourth-order valence-electron chi connectivity index (χ4n) is 2.43. The van der Waals surface area contributed by atoms with Crippen LogP contribution in [0.4, 0.5) is 10.5 Å². The van der Waals surface area contributed by atoms with Crippen molar-refractivity contribution in [3.8, 4) is 5.69 Å². The van der Waals surface area contributed by atoms with E-state index in [4.69, 9.17) is 16.7 Å². The predicted octanol–water partition coefficient (Wildman–Crippen LogP) is 3.64. The number of carbonyl (C=O) groups is 2. The van der Waals surface area contributed by atoms with Crippen LogP contribution in [0.25, 0.3) is 5.69 Å². The van der Waals surface area contributed by atoms with Crippen molar-refractivity contribution >= 4 is 29.3 Å². The molecule has 2 aromatic rings. The zero-order chi connectivity index (χ0) is 18.4. The topological polar surface area (TPSA) is 96.2 Å². The second-order valence-corrected chi connectivity index (χ2v) is 6.25. The smallest absolute Gasteiger partial charge is 0.319 e. The van der Waals surface area contributed by atoms with Crippen molar-refractivity contribution in [2.45, 2.75) is 32.6 Å². The highest BCUT2D eigenvalue weighted by atomic mass is 35.5. The largest absolute Gasteiger partial charge is 0.481 e. The van der Waals surface area contributed by atoms with E-state index < -0.39 is 12.0 Å². The monoisotopic (exact) mass is 364 g/mol. The number of benzene rings is 1. The molecule has 0 saturated carbocycles. The highest BCUT2D eigenvalue weighted by Crippen LogP contribution is 2.29. The van der Waals surface area contributed by atoms with Gasteiger partial charge in [-0.3, -0.25) is 4.79 Å². The van der Waals surface area contributed by atoms with Crippen molar-refractivity contribution in [3.63, 3.8) is 0 Å². The van der Waals surface area contributed by atoms with Crippen LogP contribution in [0.2, 0.25) is 5.02 Å². The number of carboxylic acid groups (broad SMARTS) is 1. The number of para-hydroxylation sites is 1. The first-order valence-electron chi connectivity index (χ1n) is 7.99. The summed E-state index contributed by atoms with van der Waals surface area (Å²) in [5.74, 6) is -0.786. The van der Waals surface area contributed by atoms with Gasteiger partial charge in [0, 0.05) is 13.0 Å². The van der Waals surface area contributed by atoms with E-state index in [1.54, 1.807) is 16.9 Å². The fraction of sp³-hybridized carbons (Fsp3) is 0.353. The first kappa shape index (κ1) is 18.8. The van der Waals surface area contributed by atoms with Crippen LogP contribution in [-0.4, -0.2) is 33.4 Å². The Kier molecular flexibility index (Phi) is 6.41. The Balaban J connectivity index is 2.13. The third-order valence-electron chi connectivity index (χ3n) is 3.54. The average Bonchev–Trinajstić information content (AvgIpc) is 2.95. The van der Waals surface area contributed by atoms with Crippen LogP contribution in [0.1, 0.15) is 38.3 Å². The molecule has 0 radical (unpaired) electrons. The Labute approximate surface area is 151 Å². The van der Waals surface area contributed by atoms with E-state index in [-0.39, 0.29) is 18.9 Å². The summed E-state index contributed by atoms with van der Waals surface area (Å²) in [5, 5.41) is 18.9. The van der Waals surface area contributed by atoms with Crippen molar-refractivity contribution in [1.29, 1.82) is 0 Å². The molecule has 0 bridgehead atoms. The van der Waals surface area contributed by atoms with E-state index in [1.807, 2.05) is 32.0 Å². The molecule has 134 valence electrons. The zero-order valence-corrected chi connectivity index (χ0v) is 14.9. The molecular weight excluding hydrogens is 344 g/mol. The van der Waals surface area contributed by atoms with Gasteiger partial charge in [-0.05, 0) is 24.5 Å². The van der Waals surface area contributed by atoms with E-state index >= 15 is 0 Å². The molecule has 0 atom stereocenters. The number of rotatable bonds is 7. The van der Waals surface area contributed by atoms with E-state index in [2.05, 4.69) is 15.7 Å². The normalized spacial score (nSPS) is 10.7. The molecule has 3 N–H and O–H groups in total. The number of aliphatic carboxylic acids is 1. The van der Waals surface area contributed by atoms with Gasteiger partial charge in [0.1, 0.15) is 0 Å². The van der Waals surface area contributed by atoms with E-state index in [9.17, 15) is 9.59 Å². The fourth-order valence-corrected chi connectivity index (χ4v) is 2.65. The van der Waals surface area contributed by atoms with Crippen molar-refractivity contribution in [2.24, 2.45) is 0 Å². The molecule has 2 amide bonds. The van der Waals surface area contributed by atoms with Crippen molar-refractivity contribution < 1.29 is 14.7 Å². The highest BCUT2D eigenvalue weighted by Gasteiger charge is 2.18. The van der Waals surface area contributed by atoms with Gasteiger partial charge in [0.25, 0.3) is 0 Å². The summed E-state index contributed by atoms with van der Waals surface area (Å²) < 4.78 is 1.72. The summed E-state index contributed by atoms with van der Waals surface area (Å²) in [5.41, 5.74) is 2.15. The van der Waals surface area contributed by atoms with Crippen LogP contribution in [0, 0.1) is 0 Å². The number of aromatic nitrogens is 2. The van der Waals surface area contributed by atoms with Gasteiger partial charge in [-0.2, -0.15) is 5.10 Å². The van der Waals surface area contributed by atoms with Crippen molar-refractivity contribution in [2.75, 3.05) is 11.9 Å². The first-order valence-corrected chi connectivity index (χ1v) is 8.37. The number of nitrogens with one attached hydrogen (secondary N) is 2. The van der Waals surface area contributed by atoms with Crippen LogP contribution < -0.4 is 10.6 Å². The molecule has 0 aliphatic heterocycles. The van der Waals surface area contributed by atoms with Gasteiger partial charge in [0.2, 0.25) is 0 Å². The maximum atomic E-state index is 12.0. The molecule has 2 rings (SSSR count). The Morgan fingerprint density at radius 3 is 2.68 bits per heavy atom. The second kappa shape index (κ2) is 8.53. The molecular formula is C17H21ClN4O3. The summed E-state index contributed by atoms with van der Waals surface area (Å²) >= 11 is 6.25. The van der Waals surface area contributed by atoms with Gasteiger partial charge in [-0.1, -0.05) is 37.6 Å². The Morgan fingerprint density at radius 2 is 2.04 bits per heavy atom. The average molecular weight is 365 g/mol. The number of hydrogen-bond acceptors (Lipinski definition) is 3. The molecule has 8 heteroatoms. The summed E-state index contributed by atoms with van der Waals surface area (Å²) in [6, 6.07) is 6.96. The predicted molar refractivity (Wildman–Crippen MR) is 96.6 cm³/mol. The summed E-state index contributed by atoms with van der Waals surface area (Å²) in [6.07, 6.45) is 1.97. The molecule has 0 aliphatic carbocycles. The van der Waals surface area contributed by atoms with Gasteiger partial charge >= 0.3 is 12.0 Å². The minimum Gasteiger partial charge on any atom is -0.481 e. The maximum absolute atomic E-state index is 12.0. The lowest BCUT2D eigenvalue weighted by atomic mass is 10.1. The van der Waals surface area contributed by atoms with Crippen LogP contribution in [-0.2, 0) is 4.79 Å². The van der Waals surface area contributed by atoms with Gasteiger partial charge < -0.3 is 15.7 Å². The third kappa shape index (κ3) is 4.96. The van der Waals surface area contributed by atoms with Crippen LogP contribution in [0.15, 0.2) is 30.5 Å². The van der Waals surface area contributed by atoms with Gasteiger partial charge in [-0.25, -0.2) is 9.48 Å². The molecule has 0 saturated heterocycles. The number of urea groups is 1. The minimum atomic E-state index is -0.884. The molecule has 7 nitrogen and oxygen atoms in total. The SMILES string of the molecule is CC(C)c1c(NC(=O)NCCCC(=O)O)cnn1-c1ccccc1Cl. The molecule has 0 fully saturated rings. The third-order valence-corrected chi connectivity index (χ3v) is 3.85. The van der Waals surface area contributed by atoms with E-state index in [0.717, 1.165) is 11.4 Å². The molecule has 25 heavy (non-hydrogen) atoms. The standard InChI is InChI=1S/C17H21ClN4O3/c1-11(2)16-13(21-17(25)19-9-5-8-15(23)24)10-20-22(16)14-7-4-3-6-12(14)18/h3-4,6-7,10-11H,5,8-9H2,1-2H3,(H,23,24)(H2,19,21,25). The Bertz CT molecular complexity index is 758. The Hall–Kier alpha value is -2.54. The molecule has 0 aliphatic rings. The number of halogens is 1. The number of carboxylic acids is 1. The van der Waals surface area contributed by atoms with E-state index in [0.29, 0.717) is 17.1 Å². The molecule has 0 unspecified atom stereocenters. The molecule has 1 aromatic carbocycles. The molecule has 1 aromatic heterocycles. The summed E-state index contributed by atoms with van der Waals surface area (Å²) in [7, 11) is 0. The van der Waals surface area contributed by atoms with Crippen LogP contribution >= 0.6 is 11.6 Å². The van der Waals surface area contributed by atoms with Gasteiger partial charge in [-0.15, -0.1) is 0 Å². The number of amides is 2. The highest BCUT2D eigenvalue weighted by molar-refractivity contribution is 6.32. The zero-order valence-electron chi connectivity index (χ0n) is 14.1. The van der Waals surface area contributed by atoms with Gasteiger partial charge in [0.05, 0.1) is 28.3 Å². The minimum absolute atomic E-state index is 0.0158. The number of hydrogen-bond donors (Lipinski definition) is 3. The lowest BCUT2D eigenvalue weighted by Crippen LogP contribution is -2.30. The van der Waals surface area contributed by atoms with Crippen LogP contribution in [0.3, 0.4) is 0 Å². The Morgan fingerprint density at radius 1 is 1.32 bits per heavy atom. The number of nitrogens with zero attached hydrogens (tertiary/aromatic N) is 2. The first-order chi connectivity index (χ1) is 11.9.